The first kappa shape index (κ1) is 25.0. The third-order valence-corrected chi connectivity index (χ3v) is 6.48. The van der Waals surface area contributed by atoms with Crippen LogP contribution in [0.2, 0.25) is 0 Å². The topological polar surface area (TPSA) is 59.0 Å². The molecule has 1 aromatic heterocycles. The number of piperazine rings is 1. The Bertz CT molecular complexity index is 872. The van der Waals surface area contributed by atoms with Gasteiger partial charge in [-0.2, -0.15) is 0 Å². The molecule has 5 nitrogen and oxygen atoms in total. The maximum atomic E-state index is 7.61. The summed E-state index contributed by atoms with van der Waals surface area (Å²) in [5.41, 5.74) is 3.78. The Morgan fingerprint density at radius 3 is 2.33 bits per heavy atom. The van der Waals surface area contributed by atoms with E-state index in [0.29, 0.717) is 5.71 Å². The molecule has 0 saturated carbocycles. The molecule has 1 fully saturated rings. The largest absolute Gasteiger partial charge is 0.369 e. The van der Waals surface area contributed by atoms with Crippen LogP contribution in [0.25, 0.3) is 17.3 Å². The summed E-state index contributed by atoms with van der Waals surface area (Å²) in [5.74, 6) is 0.744. The predicted molar refractivity (Wildman–Crippen MR) is 142 cm³/mol. The second-order valence-corrected chi connectivity index (χ2v) is 9.03. The van der Waals surface area contributed by atoms with Gasteiger partial charge in [0.1, 0.15) is 5.82 Å². The summed E-state index contributed by atoms with van der Waals surface area (Å²) < 4.78 is 0. The zero-order valence-electron chi connectivity index (χ0n) is 20.4. The van der Waals surface area contributed by atoms with Crippen molar-refractivity contribution in [2.24, 2.45) is 0 Å². The van der Waals surface area contributed by atoms with E-state index >= 15 is 0 Å². The number of nitrogens with zero attached hydrogens (tertiary/aromatic N) is 3. The van der Waals surface area contributed by atoms with E-state index in [2.05, 4.69) is 57.5 Å². The van der Waals surface area contributed by atoms with Crippen molar-refractivity contribution in [2.75, 3.05) is 37.6 Å². The van der Waals surface area contributed by atoms with Crippen LogP contribution in [0.3, 0.4) is 0 Å². The van der Waals surface area contributed by atoms with Crippen molar-refractivity contribution in [2.45, 2.75) is 58.3 Å². The second-order valence-electron chi connectivity index (χ2n) is 9.03. The molecule has 1 aliphatic rings. The van der Waals surface area contributed by atoms with E-state index in [1.165, 1.54) is 69.7 Å². The van der Waals surface area contributed by atoms with Crippen molar-refractivity contribution in [3.05, 3.63) is 55.0 Å². The Balaban J connectivity index is 1.38. The molecule has 0 aliphatic carbocycles. The van der Waals surface area contributed by atoms with Gasteiger partial charge in [-0.1, -0.05) is 70.6 Å². The van der Waals surface area contributed by atoms with Crippen LogP contribution < -0.4 is 4.90 Å². The molecular formula is C28H41N5. The van der Waals surface area contributed by atoms with Crippen LogP contribution in [-0.2, 0) is 0 Å². The first-order chi connectivity index (χ1) is 16.2. The first-order valence-corrected chi connectivity index (χ1v) is 12.7. The van der Waals surface area contributed by atoms with E-state index in [0.717, 1.165) is 43.3 Å². The predicted octanol–water partition coefficient (Wildman–Crippen LogP) is 6.56. The lowest BCUT2D eigenvalue weighted by Gasteiger charge is -2.36. The van der Waals surface area contributed by atoms with Crippen LogP contribution >= 0.6 is 0 Å². The number of aromatic amines is 1. The fourth-order valence-electron chi connectivity index (χ4n) is 4.36. The average molecular weight is 448 g/mol. The van der Waals surface area contributed by atoms with Crippen LogP contribution in [0.1, 0.15) is 64.1 Å². The number of benzene rings is 1. The van der Waals surface area contributed by atoms with Gasteiger partial charge >= 0.3 is 0 Å². The van der Waals surface area contributed by atoms with Crippen LogP contribution in [-0.4, -0.2) is 53.3 Å². The van der Waals surface area contributed by atoms with Gasteiger partial charge in [-0.25, -0.2) is 4.98 Å². The Morgan fingerprint density at radius 1 is 1.00 bits per heavy atom. The molecule has 0 spiro atoms. The monoisotopic (exact) mass is 447 g/mol. The van der Waals surface area contributed by atoms with Crippen molar-refractivity contribution in [3.63, 3.8) is 0 Å². The number of rotatable bonds is 14. The molecule has 3 rings (SSSR count). The summed E-state index contributed by atoms with van der Waals surface area (Å²) in [7, 11) is 0. The lowest BCUT2D eigenvalue weighted by molar-refractivity contribution is 0.252. The van der Waals surface area contributed by atoms with E-state index < -0.39 is 0 Å². The van der Waals surface area contributed by atoms with Gasteiger partial charge in [-0.3, -0.25) is 4.90 Å². The minimum absolute atomic E-state index is 0.371. The van der Waals surface area contributed by atoms with Gasteiger partial charge < -0.3 is 15.3 Å². The molecule has 1 aliphatic heterocycles. The fraction of sp³-hybridized carbons (Fsp3) is 0.500. The number of aromatic nitrogens is 2. The number of nitrogens with one attached hydrogen (secondary N) is 2. The zero-order valence-corrected chi connectivity index (χ0v) is 20.4. The van der Waals surface area contributed by atoms with Gasteiger partial charge in [0.2, 0.25) is 0 Å². The molecule has 2 N–H and O–H groups in total. The molecule has 2 heterocycles. The minimum Gasteiger partial charge on any atom is -0.369 e. The van der Waals surface area contributed by atoms with Crippen LogP contribution in [0.15, 0.2) is 49.2 Å². The minimum atomic E-state index is 0.371. The van der Waals surface area contributed by atoms with Gasteiger partial charge in [0.15, 0.2) is 0 Å². The molecule has 0 radical (unpaired) electrons. The maximum absolute atomic E-state index is 7.61. The highest BCUT2D eigenvalue weighted by Crippen LogP contribution is 2.23. The van der Waals surface area contributed by atoms with Gasteiger partial charge in [-0.05, 0) is 48.9 Å². The molecular weight excluding hydrogens is 406 g/mol. The highest BCUT2D eigenvalue weighted by molar-refractivity contribution is 6.03. The van der Waals surface area contributed by atoms with Gasteiger partial charge in [-0.15, -0.1) is 0 Å². The molecule has 178 valence electrons. The highest BCUT2D eigenvalue weighted by Gasteiger charge is 2.17. The first-order valence-electron chi connectivity index (χ1n) is 12.7. The highest BCUT2D eigenvalue weighted by atomic mass is 15.3. The van der Waals surface area contributed by atoms with Crippen LogP contribution in [0.5, 0.6) is 0 Å². The molecule has 1 saturated heterocycles. The summed E-state index contributed by atoms with van der Waals surface area (Å²) in [6.07, 6.45) is 18.0. The lowest BCUT2D eigenvalue weighted by atomic mass is 10.1. The van der Waals surface area contributed by atoms with E-state index in [9.17, 15) is 0 Å². The van der Waals surface area contributed by atoms with Crippen molar-refractivity contribution in [1.82, 2.24) is 14.9 Å². The van der Waals surface area contributed by atoms with Crippen molar-refractivity contribution < 1.29 is 0 Å². The molecule has 0 amide bonds. The Morgan fingerprint density at radius 2 is 1.67 bits per heavy atom. The summed E-state index contributed by atoms with van der Waals surface area (Å²) >= 11 is 0. The molecule has 1 aromatic carbocycles. The summed E-state index contributed by atoms with van der Waals surface area (Å²) in [6, 6.07) is 8.75. The number of H-pyrrole nitrogens is 1. The Labute approximate surface area is 200 Å². The molecule has 0 atom stereocenters. The second kappa shape index (κ2) is 13.8. The quantitative estimate of drug-likeness (QED) is 0.255. The van der Waals surface area contributed by atoms with Crippen LogP contribution in [0.4, 0.5) is 5.69 Å². The Hall–Kier alpha value is -2.66. The van der Waals surface area contributed by atoms with Crippen LogP contribution in [0, 0.1) is 5.41 Å². The summed E-state index contributed by atoms with van der Waals surface area (Å²) in [4.78, 5) is 12.8. The third-order valence-electron chi connectivity index (χ3n) is 6.48. The molecule has 0 unspecified atom stereocenters. The van der Waals surface area contributed by atoms with E-state index in [1.54, 1.807) is 12.2 Å². The fourth-order valence-corrected chi connectivity index (χ4v) is 4.36. The number of hydrogen-bond donors (Lipinski definition) is 2. The van der Waals surface area contributed by atoms with Crippen molar-refractivity contribution >= 4 is 17.5 Å². The van der Waals surface area contributed by atoms with Gasteiger partial charge in [0, 0.05) is 31.9 Å². The van der Waals surface area contributed by atoms with E-state index in [4.69, 9.17) is 5.41 Å². The third kappa shape index (κ3) is 8.32. The number of hydrogen-bond acceptors (Lipinski definition) is 4. The number of allylic oxidation sites excluding steroid dienone is 2. The normalized spacial score (nSPS) is 14.8. The Kier molecular flexibility index (Phi) is 10.4. The summed E-state index contributed by atoms with van der Waals surface area (Å²) in [5, 5.41) is 7.61. The standard InChI is InChI=1S/C28H41N5/c1-3-5-6-7-8-9-10-11-18-32-19-21-33(22-20-32)26-15-12-24(13-16-26)27-23-30-28(31-27)17-14-25(29)4-2/h4,12-17,23,29H,2-3,5-11,18-22H2,1H3,(H,30,31)/b17-14-,29-25?. The number of unbranched alkanes of at least 4 members (excludes halogenated alkanes) is 7. The SMILES string of the molecule is C=CC(=N)/C=C\c1ncc(-c2ccc(N3CCN(CCCCCCCCCC)CC3)cc2)[nH]1. The van der Waals surface area contributed by atoms with Crippen molar-refractivity contribution in [3.8, 4) is 11.3 Å². The lowest BCUT2D eigenvalue weighted by Crippen LogP contribution is -2.46. The van der Waals surface area contributed by atoms with E-state index in [1.807, 2.05) is 6.20 Å². The van der Waals surface area contributed by atoms with Crippen molar-refractivity contribution in [1.29, 1.82) is 5.41 Å². The van der Waals surface area contributed by atoms with E-state index in [-0.39, 0.29) is 0 Å². The molecule has 5 heteroatoms. The molecule has 0 bridgehead atoms. The van der Waals surface area contributed by atoms with Gasteiger partial charge in [0.05, 0.1) is 17.6 Å². The smallest absolute Gasteiger partial charge is 0.130 e. The molecule has 33 heavy (non-hydrogen) atoms. The summed E-state index contributed by atoms with van der Waals surface area (Å²) in [6.45, 7) is 11.7. The maximum Gasteiger partial charge on any atom is 0.130 e. The molecule has 2 aromatic rings. The van der Waals surface area contributed by atoms with Gasteiger partial charge in [0.25, 0.3) is 0 Å². The number of anilines is 1. The zero-order chi connectivity index (χ0) is 23.3. The number of imidazole rings is 1. The average Bonchev–Trinajstić information content (AvgIpc) is 3.34.